The summed E-state index contributed by atoms with van der Waals surface area (Å²) in [6, 6.07) is 4.61. The maximum absolute atomic E-state index is 12.5. The Labute approximate surface area is 162 Å². The summed E-state index contributed by atoms with van der Waals surface area (Å²) < 4.78 is 11.7. The van der Waals surface area contributed by atoms with Crippen molar-refractivity contribution >= 4 is 5.91 Å². The predicted octanol–water partition coefficient (Wildman–Crippen LogP) is 3.42. The van der Waals surface area contributed by atoms with Gasteiger partial charge >= 0.3 is 0 Å². The second kappa shape index (κ2) is 7.34. The molecule has 1 N–H and O–H groups in total. The largest absolute Gasteiger partial charge is 0.486 e. The number of amides is 1. The fourth-order valence-electron chi connectivity index (χ4n) is 4.95. The lowest BCUT2D eigenvalue weighted by atomic mass is 9.71. The van der Waals surface area contributed by atoms with E-state index < -0.39 is 0 Å². The Bertz CT molecular complexity index is 710. The maximum atomic E-state index is 12.5. The summed E-state index contributed by atoms with van der Waals surface area (Å²) in [4.78, 5) is 14.9. The van der Waals surface area contributed by atoms with Gasteiger partial charge in [0.25, 0.3) is 0 Å². The molecule has 5 heteroatoms. The van der Waals surface area contributed by atoms with Crippen LogP contribution in [0, 0.1) is 5.92 Å². The van der Waals surface area contributed by atoms with Crippen molar-refractivity contribution in [2.75, 3.05) is 32.8 Å². The lowest BCUT2D eigenvalue weighted by Crippen LogP contribution is -2.49. The fraction of sp³-hybridized carbons (Fsp3) is 0.682. The smallest absolute Gasteiger partial charge is 0.234 e. The van der Waals surface area contributed by atoms with E-state index in [4.69, 9.17) is 9.47 Å². The highest BCUT2D eigenvalue weighted by Crippen LogP contribution is 2.51. The van der Waals surface area contributed by atoms with Gasteiger partial charge in [0.2, 0.25) is 5.91 Å². The molecule has 1 spiro atoms. The number of benzene rings is 1. The van der Waals surface area contributed by atoms with Gasteiger partial charge in [0.05, 0.1) is 6.54 Å². The van der Waals surface area contributed by atoms with Gasteiger partial charge in [0.15, 0.2) is 11.5 Å². The van der Waals surface area contributed by atoms with Crippen LogP contribution in [-0.2, 0) is 10.2 Å². The summed E-state index contributed by atoms with van der Waals surface area (Å²) in [6.45, 7) is 9.84. The van der Waals surface area contributed by atoms with Gasteiger partial charge in [-0.1, -0.05) is 26.7 Å². The summed E-state index contributed by atoms with van der Waals surface area (Å²) >= 11 is 0. The van der Waals surface area contributed by atoms with Crippen LogP contribution in [0.3, 0.4) is 0 Å². The van der Waals surface area contributed by atoms with Crippen LogP contribution in [0.2, 0.25) is 0 Å². The maximum Gasteiger partial charge on any atom is 0.234 e. The van der Waals surface area contributed by atoms with E-state index in [1.807, 2.05) is 0 Å². The third-order valence-electron chi connectivity index (χ3n) is 6.40. The van der Waals surface area contributed by atoms with Crippen molar-refractivity contribution in [3.05, 3.63) is 23.3 Å². The summed E-state index contributed by atoms with van der Waals surface area (Å²) in [6.07, 6.45) is 4.90. The Kier molecular flexibility index (Phi) is 5.06. The van der Waals surface area contributed by atoms with Gasteiger partial charge < -0.3 is 14.8 Å². The molecule has 0 aromatic heterocycles. The Morgan fingerprint density at radius 3 is 2.56 bits per heavy atom. The molecule has 1 aliphatic carbocycles. The fourth-order valence-corrected chi connectivity index (χ4v) is 4.95. The van der Waals surface area contributed by atoms with E-state index in [0.717, 1.165) is 24.6 Å². The van der Waals surface area contributed by atoms with Gasteiger partial charge in [-0.15, -0.1) is 0 Å². The zero-order valence-electron chi connectivity index (χ0n) is 16.8. The number of carbonyl (C=O) groups is 1. The van der Waals surface area contributed by atoms with Crippen molar-refractivity contribution in [3.63, 3.8) is 0 Å². The molecule has 1 atom stereocenters. The molecule has 5 nitrogen and oxygen atoms in total. The zero-order chi connectivity index (χ0) is 19.0. The molecule has 0 radical (unpaired) electrons. The predicted molar refractivity (Wildman–Crippen MR) is 105 cm³/mol. The average molecular weight is 373 g/mol. The molecule has 1 saturated carbocycles. The number of rotatable bonds is 4. The number of nitrogens with zero attached hydrogens (tertiary/aromatic N) is 1. The molecule has 0 bridgehead atoms. The van der Waals surface area contributed by atoms with Gasteiger partial charge in [-0.3, -0.25) is 9.69 Å². The minimum atomic E-state index is 0.129. The average Bonchev–Trinajstić information content (AvgIpc) is 3.12. The molecule has 27 heavy (non-hydrogen) atoms. The van der Waals surface area contributed by atoms with Crippen LogP contribution in [0.5, 0.6) is 11.5 Å². The van der Waals surface area contributed by atoms with Crippen molar-refractivity contribution in [2.24, 2.45) is 5.92 Å². The lowest BCUT2D eigenvalue weighted by Gasteiger charge is -2.46. The molecule has 1 unspecified atom stereocenters. The SMILES string of the molecule is CC(C)CNC(=O)CN1CC2(CCCC2)c2cc3c(cc2C1C)OCCO3. The third kappa shape index (κ3) is 3.54. The van der Waals surface area contributed by atoms with Crippen LogP contribution in [-0.4, -0.2) is 43.7 Å². The van der Waals surface area contributed by atoms with E-state index in [9.17, 15) is 4.79 Å². The van der Waals surface area contributed by atoms with Crippen LogP contribution < -0.4 is 14.8 Å². The first-order chi connectivity index (χ1) is 13.0. The lowest BCUT2D eigenvalue weighted by molar-refractivity contribution is -0.123. The molecule has 0 saturated heterocycles. The van der Waals surface area contributed by atoms with Gasteiger partial charge in [0, 0.05) is 24.5 Å². The van der Waals surface area contributed by atoms with Gasteiger partial charge in [-0.2, -0.15) is 0 Å². The normalized spacial score (nSPS) is 23.5. The number of hydrogen-bond acceptors (Lipinski definition) is 4. The Morgan fingerprint density at radius 1 is 1.22 bits per heavy atom. The van der Waals surface area contributed by atoms with Crippen LogP contribution in [0.15, 0.2) is 12.1 Å². The highest BCUT2D eigenvalue weighted by atomic mass is 16.6. The number of nitrogens with one attached hydrogen (secondary N) is 1. The summed E-state index contributed by atoms with van der Waals surface area (Å²) in [5.41, 5.74) is 2.88. The van der Waals surface area contributed by atoms with Crippen molar-refractivity contribution in [1.29, 1.82) is 0 Å². The second-order valence-corrected chi connectivity index (χ2v) is 8.85. The van der Waals surface area contributed by atoms with Gasteiger partial charge in [-0.05, 0) is 48.9 Å². The molecule has 1 amide bonds. The monoisotopic (exact) mass is 372 g/mol. The quantitative estimate of drug-likeness (QED) is 0.880. The van der Waals surface area contributed by atoms with Gasteiger partial charge in [0.1, 0.15) is 13.2 Å². The van der Waals surface area contributed by atoms with Crippen LogP contribution in [0.25, 0.3) is 0 Å². The van der Waals surface area contributed by atoms with E-state index in [1.165, 1.54) is 36.8 Å². The van der Waals surface area contributed by atoms with Crippen LogP contribution in [0.1, 0.15) is 63.6 Å². The minimum Gasteiger partial charge on any atom is -0.486 e. The number of fused-ring (bicyclic) bond motifs is 3. The summed E-state index contributed by atoms with van der Waals surface area (Å²) in [7, 11) is 0. The molecule has 1 aromatic carbocycles. The van der Waals surface area contributed by atoms with Crippen molar-refractivity contribution in [2.45, 2.75) is 57.9 Å². The van der Waals surface area contributed by atoms with E-state index >= 15 is 0 Å². The molecular weight excluding hydrogens is 340 g/mol. The molecule has 2 heterocycles. The van der Waals surface area contributed by atoms with Crippen molar-refractivity contribution in [3.8, 4) is 11.5 Å². The number of hydrogen-bond donors (Lipinski definition) is 1. The van der Waals surface area contributed by atoms with E-state index in [-0.39, 0.29) is 17.4 Å². The first kappa shape index (κ1) is 18.6. The molecule has 2 aliphatic heterocycles. The molecule has 4 rings (SSSR count). The standard InChI is InChI=1S/C22H32N2O3/c1-15(2)12-23-21(25)13-24-14-22(6-4-5-7-22)18-11-20-19(26-8-9-27-20)10-17(18)16(24)3/h10-11,15-16H,4-9,12-14H2,1-3H3,(H,23,25). The topological polar surface area (TPSA) is 50.8 Å². The van der Waals surface area contributed by atoms with Crippen LogP contribution >= 0.6 is 0 Å². The molecule has 1 aromatic rings. The second-order valence-electron chi connectivity index (χ2n) is 8.85. The van der Waals surface area contributed by atoms with Crippen molar-refractivity contribution < 1.29 is 14.3 Å². The first-order valence-corrected chi connectivity index (χ1v) is 10.4. The molecular formula is C22H32N2O3. The van der Waals surface area contributed by atoms with E-state index in [2.05, 4.69) is 43.1 Å². The van der Waals surface area contributed by atoms with E-state index in [1.54, 1.807) is 0 Å². The molecule has 148 valence electrons. The molecule has 3 aliphatic rings. The third-order valence-corrected chi connectivity index (χ3v) is 6.40. The first-order valence-electron chi connectivity index (χ1n) is 10.4. The highest BCUT2D eigenvalue weighted by Gasteiger charge is 2.45. The summed E-state index contributed by atoms with van der Waals surface area (Å²) in [5.74, 6) is 2.34. The highest BCUT2D eigenvalue weighted by molar-refractivity contribution is 5.78. The summed E-state index contributed by atoms with van der Waals surface area (Å²) in [5, 5.41) is 3.08. The Morgan fingerprint density at radius 2 is 1.89 bits per heavy atom. The van der Waals surface area contributed by atoms with Crippen molar-refractivity contribution in [1.82, 2.24) is 10.2 Å². The number of ether oxygens (including phenoxy) is 2. The Balaban J connectivity index is 1.63. The van der Waals surface area contributed by atoms with E-state index in [0.29, 0.717) is 25.7 Å². The zero-order valence-corrected chi connectivity index (χ0v) is 16.8. The minimum absolute atomic E-state index is 0.129. The van der Waals surface area contributed by atoms with Crippen LogP contribution in [0.4, 0.5) is 0 Å². The Hall–Kier alpha value is -1.75. The molecule has 1 fully saturated rings. The number of carbonyl (C=O) groups excluding carboxylic acids is 1. The van der Waals surface area contributed by atoms with Gasteiger partial charge in [-0.25, -0.2) is 0 Å².